The average Bonchev–Trinajstić information content (AvgIpc) is 2.48. The molecule has 2 N–H and O–H groups in total. The van der Waals surface area contributed by atoms with Gasteiger partial charge in [-0.05, 0) is 43.5 Å². The molecule has 1 aliphatic rings. The summed E-state index contributed by atoms with van der Waals surface area (Å²) >= 11 is 0. The summed E-state index contributed by atoms with van der Waals surface area (Å²) in [5.41, 5.74) is 2.68. The van der Waals surface area contributed by atoms with Gasteiger partial charge >= 0.3 is 0 Å². The maximum Gasteiger partial charge on any atom is 0.227 e. The fourth-order valence-electron chi connectivity index (χ4n) is 2.35. The minimum Gasteiger partial charge on any atom is -0.395 e. The molecule has 1 fully saturated rings. The first-order valence-corrected chi connectivity index (χ1v) is 7.29. The second-order valence-corrected chi connectivity index (χ2v) is 5.24. The van der Waals surface area contributed by atoms with Gasteiger partial charge in [0.2, 0.25) is 5.91 Å². The third-order valence-corrected chi connectivity index (χ3v) is 3.41. The number of nitrogens with one attached hydrogen (secondary N) is 1. The summed E-state index contributed by atoms with van der Waals surface area (Å²) in [4.78, 5) is 12.2. The fraction of sp³-hybridized carbons (Fsp3) is 0.471. The molecule has 1 aromatic rings. The molecule has 0 aliphatic carbocycles. The van der Waals surface area contributed by atoms with Crippen molar-refractivity contribution in [2.45, 2.75) is 26.2 Å². The summed E-state index contributed by atoms with van der Waals surface area (Å²) < 4.78 is 5.27. The number of rotatable bonds is 3. The zero-order chi connectivity index (χ0) is 15.1. The van der Waals surface area contributed by atoms with Crippen LogP contribution in [0, 0.1) is 24.7 Å². The number of carbonyl (C=O) groups is 1. The van der Waals surface area contributed by atoms with E-state index in [0.29, 0.717) is 19.6 Å². The van der Waals surface area contributed by atoms with Gasteiger partial charge in [-0.2, -0.15) is 0 Å². The van der Waals surface area contributed by atoms with Crippen LogP contribution in [0.3, 0.4) is 0 Å². The first kappa shape index (κ1) is 15.6. The molecule has 0 spiro atoms. The highest BCUT2D eigenvalue weighted by Crippen LogP contribution is 2.19. The Morgan fingerprint density at radius 1 is 1.38 bits per heavy atom. The number of hydrogen-bond donors (Lipinski definition) is 2. The molecule has 1 aliphatic heterocycles. The zero-order valence-corrected chi connectivity index (χ0v) is 12.3. The maximum atomic E-state index is 12.2. The molecule has 0 saturated carbocycles. The van der Waals surface area contributed by atoms with E-state index in [1.54, 1.807) is 0 Å². The first-order chi connectivity index (χ1) is 10.2. The second-order valence-electron chi connectivity index (χ2n) is 5.24. The number of benzene rings is 1. The number of aliphatic hydroxyl groups excluding tert-OH is 1. The topological polar surface area (TPSA) is 58.6 Å². The molecule has 112 valence electrons. The van der Waals surface area contributed by atoms with Gasteiger partial charge in [-0.1, -0.05) is 11.8 Å². The standard InChI is InChI=1S/C17H21NO3/c1-13-10-14(4-2-3-7-19)12-16(11-13)18-17(20)15-5-8-21-9-6-15/h10-12,15,19H,3,5-9H2,1H3,(H,18,20). The number of aliphatic hydroxyl groups is 1. The van der Waals surface area contributed by atoms with Crippen LogP contribution < -0.4 is 5.32 Å². The SMILES string of the molecule is Cc1cc(C#CCCO)cc(NC(=O)C2CCOCC2)c1. The summed E-state index contributed by atoms with van der Waals surface area (Å²) in [5.74, 6) is 5.98. The quantitative estimate of drug-likeness (QED) is 0.837. The van der Waals surface area contributed by atoms with E-state index in [1.807, 2.05) is 25.1 Å². The van der Waals surface area contributed by atoms with Gasteiger partial charge in [0.15, 0.2) is 0 Å². The van der Waals surface area contributed by atoms with Crippen molar-refractivity contribution in [3.63, 3.8) is 0 Å². The van der Waals surface area contributed by atoms with Crippen molar-refractivity contribution in [3.8, 4) is 11.8 Å². The Morgan fingerprint density at radius 3 is 2.86 bits per heavy atom. The van der Waals surface area contributed by atoms with Gasteiger partial charge in [0, 0.05) is 36.8 Å². The summed E-state index contributed by atoms with van der Waals surface area (Å²) in [6.07, 6.45) is 2.01. The van der Waals surface area contributed by atoms with Gasteiger partial charge in [0.05, 0.1) is 6.61 Å². The third-order valence-electron chi connectivity index (χ3n) is 3.41. The summed E-state index contributed by atoms with van der Waals surface area (Å²) in [7, 11) is 0. The van der Waals surface area contributed by atoms with E-state index in [1.165, 1.54) is 0 Å². The van der Waals surface area contributed by atoms with Gasteiger partial charge in [0.1, 0.15) is 0 Å². The van der Waals surface area contributed by atoms with Crippen molar-refractivity contribution in [1.82, 2.24) is 0 Å². The van der Waals surface area contributed by atoms with E-state index in [2.05, 4.69) is 17.2 Å². The largest absolute Gasteiger partial charge is 0.395 e. The van der Waals surface area contributed by atoms with E-state index in [9.17, 15) is 4.79 Å². The molecule has 1 amide bonds. The van der Waals surface area contributed by atoms with Crippen molar-refractivity contribution < 1.29 is 14.6 Å². The highest BCUT2D eigenvalue weighted by atomic mass is 16.5. The van der Waals surface area contributed by atoms with Crippen molar-refractivity contribution >= 4 is 11.6 Å². The Morgan fingerprint density at radius 2 is 2.14 bits per heavy atom. The highest BCUT2D eigenvalue weighted by molar-refractivity contribution is 5.92. The van der Waals surface area contributed by atoms with E-state index in [0.717, 1.165) is 29.7 Å². The summed E-state index contributed by atoms with van der Waals surface area (Å²) in [6, 6.07) is 5.78. The van der Waals surface area contributed by atoms with Gasteiger partial charge < -0.3 is 15.2 Å². The van der Waals surface area contributed by atoms with Crippen LogP contribution in [0.1, 0.15) is 30.4 Å². The molecule has 0 unspecified atom stereocenters. The number of aryl methyl sites for hydroxylation is 1. The Labute approximate surface area is 125 Å². The minimum absolute atomic E-state index is 0.0307. The molecule has 1 heterocycles. The number of carbonyl (C=O) groups excluding carboxylic acids is 1. The van der Waals surface area contributed by atoms with Crippen LogP contribution in [0.5, 0.6) is 0 Å². The van der Waals surface area contributed by atoms with E-state index >= 15 is 0 Å². The molecule has 0 atom stereocenters. The summed E-state index contributed by atoms with van der Waals surface area (Å²) in [6.45, 7) is 3.35. The summed E-state index contributed by atoms with van der Waals surface area (Å²) in [5, 5.41) is 11.7. The van der Waals surface area contributed by atoms with Crippen molar-refractivity contribution in [2.75, 3.05) is 25.1 Å². The van der Waals surface area contributed by atoms with Gasteiger partial charge in [-0.25, -0.2) is 0 Å². The van der Waals surface area contributed by atoms with E-state index < -0.39 is 0 Å². The van der Waals surface area contributed by atoms with Crippen molar-refractivity contribution in [2.24, 2.45) is 5.92 Å². The smallest absolute Gasteiger partial charge is 0.227 e. The Bertz CT molecular complexity index is 551. The molecule has 2 rings (SSSR count). The third kappa shape index (κ3) is 4.89. The fourth-order valence-corrected chi connectivity index (χ4v) is 2.35. The lowest BCUT2D eigenvalue weighted by Gasteiger charge is -2.21. The molecular formula is C17H21NO3. The predicted molar refractivity (Wildman–Crippen MR) is 81.9 cm³/mol. The molecule has 1 aromatic carbocycles. The lowest BCUT2D eigenvalue weighted by atomic mass is 9.99. The Hall–Kier alpha value is -1.83. The molecule has 4 nitrogen and oxygen atoms in total. The monoisotopic (exact) mass is 287 g/mol. The number of hydrogen-bond acceptors (Lipinski definition) is 3. The van der Waals surface area contributed by atoms with Crippen LogP contribution in [0.2, 0.25) is 0 Å². The highest BCUT2D eigenvalue weighted by Gasteiger charge is 2.21. The number of ether oxygens (including phenoxy) is 1. The van der Waals surface area contributed by atoms with Crippen LogP contribution in [-0.4, -0.2) is 30.8 Å². The minimum atomic E-state index is 0.0307. The Kier molecular flexibility index (Phi) is 5.79. The molecule has 0 bridgehead atoms. The zero-order valence-electron chi connectivity index (χ0n) is 12.3. The van der Waals surface area contributed by atoms with Crippen LogP contribution >= 0.6 is 0 Å². The van der Waals surface area contributed by atoms with Crippen LogP contribution in [-0.2, 0) is 9.53 Å². The molecule has 0 radical (unpaired) electrons. The van der Waals surface area contributed by atoms with Gasteiger partial charge in [0.25, 0.3) is 0 Å². The lowest BCUT2D eigenvalue weighted by Crippen LogP contribution is -2.28. The molecule has 0 aromatic heterocycles. The Balaban J connectivity index is 2.05. The van der Waals surface area contributed by atoms with Crippen LogP contribution in [0.25, 0.3) is 0 Å². The molecular weight excluding hydrogens is 266 g/mol. The molecule has 1 saturated heterocycles. The first-order valence-electron chi connectivity index (χ1n) is 7.29. The predicted octanol–water partition coefficient (Wildman–Crippen LogP) is 2.09. The molecule has 4 heteroatoms. The number of anilines is 1. The van der Waals surface area contributed by atoms with Gasteiger partial charge in [-0.15, -0.1) is 0 Å². The van der Waals surface area contributed by atoms with E-state index in [-0.39, 0.29) is 18.4 Å². The molecule has 21 heavy (non-hydrogen) atoms. The van der Waals surface area contributed by atoms with Crippen LogP contribution in [0.4, 0.5) is 5.69 Å². The second kappa shape index (κ2) is 7.82. The normalized spacial score (nSPS) is 15.1. The lowest BCUT2D eigenvalue weighted by molar-refractivity contribution is -0.122. The van der Waals surface area contributed by atoms with Crippen molar-refractivity contribution in [3.05, 3.63) is 29.3 Å². The maximum absolute atomic E-state index is 12.2. The average molecular weight is 287 g/mol. The van der Waals surface area contributed by atoms with Gasteiger partial charge in [-0.3, -0.25) is 4.79 Å². The van der Waals surface area contributed by atoms with E-state index in [4.69, 9.17) is 9.84 Å². The van der Waals surface area contributed by atoms with Crippen LogP contribution in [0.15, 0.2) is 18.2 Å². The van der Waals surface area contributed by atoms with Crippen molar-refractivity contribution in [1.29, 1.82) is 0 Å². The number of amides is 1.